The fourth-order valence-corrected chi connectivity index (χ4v) is 7.02. The highest BCUT2D eigenvalue weighted by Gasteiger charge is 2.30. The first-order valence-electron chi connectivity index (χ1n) is 17.5. The molecule has 14 nitrogen and oxygen atoms in total. The van der Waals surface area contributed by atoms with Gasteiger partial charge < -0.3 is 51.4 Å². The van der Waals surface area contributed by atoms with E-state index in [4.69, 9.17) is 5.73 Å². The van der Waals surface area contributed by atoms with E-state index in [1.807, 2.05) is 45.9 Å². The second-order valence-corrected chi connectivity index (χ2v) is 13.4. The molecule has 54 heavy (non-hydrogen) atoms. The zero-order chi connectivity index (χ0) is 39.6. The number of fused-ring (bicyclic) bond motifs is 8. The molecule has 0 spiro atoms. The highest BCUT2D eigenvalue weighted by atomic mass is 16.4. The van der Waals surface area contributed by atoms with Crippen molar-refractivity contribution >= 4 is 59.6 Å². The zero-order valence-electron chi connectivity index (χ0n) is 30.7. The summed E-state index contributed by atoms with van der Waals surface area (Å²) in [7, 11) is 0. The Morgan fingerprint density at radius 1 is 0.722 bits per heavy atom. The van der Waals surface area contributed by atoms with Crippen LogP contribution in [0.2, 0.25) is 0 Å². The van der Waals surface area contributed by atoms with Crippen LogP contribution in [0.25, 0.3) is 36.0 Å². The van der Waals surface area contributed by atoms with Crippen molar-refractivity contribution in [3.63, 3.8) is 0 Å². The van der Waals surface area contributed by atoms with Gasteiger partial charge in [-0.15, -0.1) is 0 Å². The maximum absolute atomic E-state index is 14.7. The number of ketones is 1. The molecule has 0 saturated heterocycles. The van der Waals surface area contributed by atoms with E-state index in [2.05, 4.69) is 38.4 Å². The van der Waals surface area contributed by atoms with Crippen molar-refractivity contribution in [2.75, 3.05) is 13.2 Å². The minimum Gasteiger partial charge on any atom is -0.481 e. The average molecular weight is 739 g/mol. The fourth-order valence-electron chi connectivity index (χ4n) is 7.02. The lowest BCUT2D eigenvalue weighted by Crippen LogP contribution is -2.51. The second-order valence-electron chi connectivity index (χ2n) is 13.4. The van der Waals surface area contributed by atoms with Crippen LogP contribution in [0.15, 0.2) is 13.2 Å². The number of aliphatic hydroxyl groups is 2. The molecule has 2 atom stereocenters. The van der Waals surface area contributed by atoms with Crippen molar-refractivity contribution in [2.45, 2.75) is 65.5 Å². The monoisotopic (exact) mass is 738 g/mol. The SMILES string of the molecule is C=Cc1c2[nH]c(c1C)C(C(=O)[C@H](CO)NC(=O)[C@@H](N)CO)=c1[nH]c(c(C)c1C=C)=Cc1[nH]c(c(CCC(=O)O)c1C)C=c1[nH]c(c(C)c1CCC(=O)O)=C2. The number of Topliss-reactive ketones (excluding diaryl/α,β-unsaturated/α-hetero) is 1. The number of hydrogen-bond donors (Lipinski definition) is 10. The van der Waals surface area contributed by atoms with E-state index < -0.39 is 48.9 Å². The summed E-state index contributed by atoms with van der Waals surface area (Å²) in [6, 6.07) is -2.77. The summed E-state index contributed by atoms with van der Waals surface area (Å²) in [5.74, 6) is -3.39. The lowest BCUT2D eigenvalue weighted by Gasteiger charge is -2.19. The fraction of sp³-hybridized carbons (Fsp3) is 0.300. The van der Waals surface area contributed by atoms with Crippen LogP contribution in [0, 0.1) is 27.7 Å². The van der Waals surface area contributed by atoms with Crippen molar-refractivity contribution in [1.29, 1.82) is 0 Å². The van der Waals surface area contributed by atoms with Gasteiger partial charge >= 0.3 is 11.9 Å². The first kappa shape index (κ1) is 39.3. The Hall–Kier alpha value is -5.96. The molecule has 0 fully saturated rings. The van der Waals surface area contributed by atoms with Crippen LogP contribution in [-0.4, -0.2) is 89.3 Å². The van der Waals surface area contributed by atoms with Gasteiger partial charge in [-0.1, -0.05) is 25.3 Å². The smallest absolute Gasteiger partial charge is 0.303 e. The van der Waals surface area contributed by atoms with Gasteiger partial charge in [-0.25, -0.2) is 0 Å². The molecule has 1 amide bonds. The number of nitrogens with one attached hydrogen (secondary N) is 5. The number of carbonyl (C=O) groups is 4. The Morgan fingerprint density at radius 2 is 1.31 bits per heavy atom. The van der Waals surface area contributed by atoms with Gasteiger partial charge in [0.2, 0.25) is 5.91 Å². The molecule has 284 valence electrons. The molecule has 4 aromatic rings. The third kappa shape index (κ3) is 7.44. The van der Waals surface area contributed by atoms with Gasteiger partial charge in [-0.3, -0.25) is 19.2 Å². The molecule has 5 heterocycles. The molecule has 1 aliphatic heterocycles. The van der Waals surface area contributed by atoms with Crippen LogP contribution in [0.3, 0.4) is 0 Å². The van der Waals surface area contributed by atoms with E-state index in [9.17, 15) is 39.6 Å². The molecule has 14 heteroatoms. The van der Waals surface area contributed by atoms with Crippen LogP contribution in [0.1, 0.15) is 80.1 Å². The molecule has 0 aromatic carbocycles. The number of carbonyl (C=O) groups excluding carboxylic acids is 2. The summed E-state index contributed by atoms with van der Waals surface area (Å²) in [6.07, 6.45) is 9.03. The zero-order valence-corrected chi connectivity index (χ0v) is 30.7. The first-order chi connectivity index (χ1) is 25.6. The number of rotatable bonds is 14. The molecular formula is C40H46N6O8. The average Bonchev–Trinajstić information content (AvgIpc) is 3.81. The predicted molar refractivity (Wildman–Crippen MR) is 205 cm³/mol. The summed E-state index contributed by atoms with van der Waals surface area (Å²) in [6.45, 7) is 14.1. The minimum atomic E-state index is -1.45. The number of amides is 1. The molecule has 11 N–H and O–H groups in total. The molecule has 4 aromatic heterocycles. The lowest BCUT2D eigenvalue weighted by molar-refractivity contribution is -0.138. The molecule has 5 rings (SSSR count). The van der Waals surface area contributed by atoms with Gasteiger partial charge in [0.25, 0.3) is 0 Å². The number of aliphatic carboxylic acids is 2. The Bertz CT molecular complexity index is 2460. The Labute approximate surface area is 310 Å². The van der Waals surface area contributed by atoms with Gasteiger partial charge in [0.1, 0.15) is 12.1 Å². The molecule has 8 bridgehead atoms. The third-order valence-corrected chi connectivity index (χ3v) is 10.1. The molecule has 0 saturated carbocycles. The van der Waals surface area contributed by atoms with Crippen molar-refractivity contribution in [3.05, 3.63) is 102 Å². The van der Waals surface area contributed by atoms with Crippen molar-refractivity contribution < 1.29 is 39.6 Å². The van der Waals surface area contributed by atoms with E-state index >= 15 is 0 Å². The Kier molecular flexibility index (Phi) is 11.6. The summed E-state index contributed by atoms with van der Waals surface area (Å²) >= 11 is 0. The lowest BCUT2D eigenvalue weighted by atomic mass is 9.95. The summed E-state index contributed by atoms with van der Waals surface area (Å²) in [5, 5.41) is 43.8. The van der Waals surface area contributed by atoms with Gasteiger partial charge in [0.15, 0.2) is 5.78 Å². The van der Waals surface area contributed by atoms with Crippen molar-refractivity contribution in [1.82, 2.24) is 25.3 Å². The number of hydrogen-bond acceptors (Lipinski definition) is 7. The van der Waals surface area contributed by atoms with E-state index in [1.54, 1.807) is 12.2 Å². The maximum atomic E-state index is 14.7. The van der Waals surface area contributed by atoms with Crippen molar-refractivity contribution in [3.8, 4) is 0 Å². The van der Waals surface area contributed by atoms with Gasteiger partial charge in [0.05, 0.1) is 29.8 Å². The number of nitrogens with two attached hydrogens (primary N) is 1. The minimum absolute atomic E-state index is 0.0994. The number of aromatic nitrogens is 4. The van der Waals surface area contributed by atoms with Crippen LogP contribution in [0.5, 0.6) is 0 Å². The highest BCUT2D eigenvalue weighted by Crippen LogP contribution is 2.27. The van der Waals surface area contributed by atoms with Gasteiger partial charge in [0, 0.05) is 57.1 Å². The highest BCUT2D eigenvalue weighted by molar-refractivity contribution is 6.23. The van der Waals surface area contributed by atoms with E-state index in [0.29, 0.717) is 60.9 Å². The standard InChI is InChI=1S/C40H46N6O8/c1-7-22-21(6)37-36(39(53)33(17-48)46-40(54)26(41)16-47)38-23(8-2)18(3)29(44-38)13-27-19(4)24(9-11-34(49)50)31(42-27)15-32-25(10-12-35(51)52)20(5)28(43-32)14-30(22)45-37/h7-8,13-15,26,33,42-45,47-48H,1-2,9-12,16-17,41H2,3-6H3,(H,46,54)(H,49,50)(H,51,52)/t26-,33-/m0/s1. The van der Waals surface area contributed by atoms with Gasteiger partial charge in [-0.05, 0) is 92.1 Å². The number of aliphatic hydroxyl groups excluding tert-OH is 2. The second kappa shape index (κ2) is 16.0. The van der Waals surface area contributed by atoms with Crippen LogP contribution < -0.4 is 32.4 Å². The number of carboxylic acid groups (broad SMARTS) is 2. The molecular weight excluding hydrogens is 692 g/mol. The molecule has 0 unspecified atom stereocenters. The van der Waals surface area contributed by atoms with Crippen LogP contribution >= 0.6 is 0 Å². The van der Waals surface area contributed by atoms with Crippen LogP contribution in [0.4, 0.5) is 0 Å². The van der Waals surface area contributed by atoms with E-state index in [-0.39, 0.29) is 31.3 Å². The first-order valence-corrected chi connectivity index (χ1v) is 17.5. The predicted octanol–water partition coefficient (Wildman–Crippen LogP) is -0.0823. The molecule has 1 aliphatic rings. The topological polar surface area (TPSA) is 250 Å². The van der Waals surface area contributed by atoms with E-state index in [1.165, 1.54) is 0 Å². The molecule has 0 radical (unpaired) electrons. The third-order valence-electron chi connectivity index (χ3n) is 10.1. The Morgan fingerprint density at radius 3 is 1.91 bits per heavy atom. The summed E-state index contributed by atoms with van der Waals surface area (Å²) < 4.78 is 0. The number of carboxylic acids is 2. The quantitative estimate of drug-likeness (QED) is 0.0830. The largest absolute Gasteiger partial charge is 0.481 e. The summed E-state index contributed by atoms with van der Waals surface area (Å²) in [5.41, 5.74) is 13.8. The molecule has 0 aliphatic carbocycles. The number of H-pyrrole nitrogens is 4. The number of aromatic amines is 4. The normalized spacial score (nSPS) is 13.3. The van der Waals surface area contributed by atoms with Gasteiger partial charge in [-0.2, -0.15) is 0 Å². The van der Waals surface area contributed by atoms with Crippen LogP contribution in [-0.2, 0) is 32.0 Å². The van der Waals surface area contributed by atoms with E-state index in [0.717, 1.165) is 27.8 Å². The summed E-state index contributed by atoms with van der Waals surface area (Å²) in [4.78, 5) is 64.6. The van der Waals surface area contributed by atoms with Crippen molar-refractivity contribution in [2.24, 2.45) is 5.73 Å². The maximum Gasteiger partial charge on any atom is 0.303 e. The Balaban J connectivity index is 1.97.